The number of hydrogen-bond donors (Lipinski definition) is 1. The molecule has 1 heterocycles. The quantitative estimate of drug-likeness (QED) is 0.374. The van der Waals surface area contributed by atoms with Gasteiger partial charge >= 0.3 is 11.9 Å². The van der Waals surface area contributed by atoms with E-state index in [1.54, 1.807) is 6.08 Å². The van der Waals surface area contributed by atoms with Gasteiger partial charge in [-0.3, -0.25) is 9.59 Å². The van der Waals surface area contributed by atoms with E-state index in [-0.39, 0.29) is 19.3 Å². The summed E-state index contributed by atoms with van der Waals surface area (Å²) in [6.45, 7) is 9.21. The Bertz CT molecular complexity index is 530. The third-order valence-electron chi connectivity index (χ3n) is 5.18. The van der Waals surface area contributed by atoms with Gasteiger partial charge < -0.3 is 19.3 Å². The lowest BCUT2D eigenvalue weighted by molar-refractivity contribution is -0.161. The van der Waals surface area contributed by atoms with Gasteiger partial charge in [0.1, 0.15) is 18.8 Å². The molecular weight excluding hydrogens is 352 g/mol. The van der Waals surface area contributed by atoms with Gasteiger partial charge in [0, 0.05) is 13.8 Å². The van der Waals surface area contributed by atoms with Crippen LogP contribution in [-0.2, 0) is 23.8 Å². The van der Waals surface area contributed by atoms with Crippen molar-refractivity contribution in [3.63, 3.8) is 0 Å². The summed E-state index contributed by atoms with van der Waals surface area (Å²) >= 11 is 0. The monoisotopic (exact) mass is 384 g/mol. The van der Waals surface area contributed by atoms with Gasteiger partial charge in [-0.05, 0) is 6.08 Å². The maximum absolute atomic E-state index is 11.4. The first-order chi connectivity index (χ1) is 12.3. The first-order valence-electron chi connectivity index (χ1n) is 9.29. The van der Waals surface area contributed by atoms with Gasteiger partial charge in [0.15, 0.2) is 0 Å². The number of aliphatic hydroxyl groups is 1. The number of carbonyl (C=O) groups is 2. The molecule has 1 N–H and O–H groups in total. The summed E-state index contributed by atoms with van der Waals surface area (Å²) in [5.74, 6) is -0.827. The summed E-state index contributed by atoms with van der Waals surface area (Å²) in [6.07, 6.45) is 4.09. The molecule has 148 valence electrons. The Morgan fingerprint density at radius 1 is 1.12 bits per heavy atom. The van der Waals surface area contributed by atoms with Crippen LogP contribution in [0.2, 0.25) is 18.1 Å². The van der Waals surface area contributed by atoms with Gasteiger partial charge in [-0.2, -0.15) is 0 Å². The summed E-state index contributed by atoms with van der Waals surface area (Å²) in [6, 6.07) is 3.17. The second-order valence-electron chi connectivity index (χ2n) is 6.54. The van der Waals surface area contributed by atoms with Crippen molar-refractivity contribution in [2.24, 2.45) is 0 Å². The minimum atomic E-state index is -1.77. The van der Waals surface area contributed by atoms with Crippen molar-refractivity contribution in [2.75, 3.05) is 13.2 Å². The molecule has 0 radical (unpaired) electrons. The second-order valence-corrected chi connectivity index (χ2v) is 11.8. The Hall–Kier alpha value is -1.44. The summed E-state index contributed by atoms with van der Waals surface area (Å²) in [4.78, 5) is 22.5. The van der Waals surface area contributed by atoms with E-state index in [9.17, 15) is 14.7 Å². The molecule has 0 bridgehead atoms. The summed E-state index contributed by atoms with van der Waals surface area (Å²) in [5.41, 5.74) is 0. The van der Waals surface area contributed by atoms with Crippen LogP contribution in [0.5, 0.6) is 0 Å². The molecule has 0 amide bonds. The third kappa shape index (κ3) is 5.79. The van der Waals surface area contributed by atoms with E-state index < -0.39 is 32.2 Å². The molecule has 6 nitrogen and oxygen atoms in total. The molecule has 0 aromatic rings. The highest BCUT2D eigenvalue weighted by Crippen LogP contribution is 2.34. The minimum absolute atomic E-state index is 0.0133. The van der Waals surface area contributed by atoms with Crippen molar-refractivity contribution in [1.82, 2.24) is 0 Å². The van der Waals surface area contributed by atoms with Gasteiger partial charge in [0.25, 0.3) is 0 Å². The Morgan fingerprint density at radius 3 is 2.19 bits per heavy atom. The number of rotatable bonds is 9. The molecule has 0 aromatic carbocycles. The minimum Gasteiger partial charge on any atom is -0.463 e. The summed E-state index contributed by atoms with van der Waals surface area (Å²) < 4.78 is 16.6. The van der Waals surface area contributed by atoms with Crippen LogP contribution >= 0.6 is 0 Å². The van der Waals surface area contributed by atoms with Crippen molar-refractivity contribution >= 4 is 20.0 Å². The average molecular weight is 385 g/mol. The maximum Gasteiger partial charge on any atom is 0.303 e. The number of ether oxygens (including phenoxy) is 3. The maximum atomic E-state index is 11.4. The van der Waals surface area contributed by atoms with Crippen molar-refractivity contribution in [3.8, 4) is 0 Å². The van der Waals surface area contributed by atoms with Gasteiger partial charge in [0.05, 0.1) is 20.8 Å². The highest BCUT2D eigenvalue weighted by Gasteiger charge is 2.39. The molecule has 3 atom stereocenters. The van der Waals surface area contributed by atoms with Crippen LogP contribution in [0.4, 0.5) is 0 Å². The Morgan fingerprint density at radius 2 is 1.73 bits per heavy atom. The zero-order valence-electron chi connectivity index (χ0n) is 16.5. The fourth-order valence-corrected chi connectivity index (χ4v) is 7.57. The van der Waals surface area contributed by atoms with Crippen molar-refractivity contribution in [1.29, 1.82) is 0 Å². The fourth-order valence-electron chi connectivity index (χ4n) is 3.56. The Kier molecular flexibility index (Phi) is 9.25. The molecule has 0 aromatic heterocycles. The zero-order chi connectivity index (χ0) is 19.7. The lowest BCUT2D eigenvalue weighted by atomic mass is 10.1. The molecule has 1 aliphatic heterocycles. The molecule has 0 saturated heterocycles. The van der Waals surface area contributed by atoms with Crippen LogP contribution in [0.1, 0.15) is 34.6 Å². The lowest BCUT2D eigenvalue weighted by Crippen LogP contribution is -2.47. The number of aliphatic hydroxyl groups excluding tert-OH is 1. The smallest absolute Gasteiger partial charge is 0.303 e. The van der Waals surface area contributed by atoms with Crippen molar-refractivity contribution in [3.05, 3.63) is 23.4 Å². The summed E-state index contributed by atoms with van der Waals surface area (Å²) in [5, 5.41) is 10.7. The van der Waals surface area contributed by atoms with Gasteiger partial charge in [-0.1, -0.05) is 56.3 Å². The van der Waals surface area contributed by atoms with E-state index in [1.807, 2.05) is 12.2 Å². The van der Waals surface area contributed by atoms with E-state index in [2.05, 4.69) is 20.8 Å². The SMILES string of the molecule is CC[Si](CC)(CC)/C(=C/CO)[C@@H]1C=C[C@H](OC(C)=O)[C@@H](COC(C)=O)O1. The van der Waals surface area contributed by atoms with Crippen LogP contribution in [0.15, 0.2) is 23.4 Å². The highest BCUT2D eigenvalue weighted by molar-refractivity contribution is 6.86. The van der Waals surface area contributed by atoms with Crippen LogP contribution in [0.25, 0.3) is 0 Å². The van der Waals surface area contributed by atoms with Crippen LogP contribution in [-0.4, -0.2) is 56.6 Å². The molecule has 0 unspecified atom stereocenters. The van der Waals surface area contributed by atoms with E-state index >= 15 is 0 Å². The highest BCUT2D eigenvalue weighted by atomic mass is 28.3. The predicted octanol–water partition coefficient (Wildman–Crippen LogP) is 2.77. The number of carbonyl (C=O) groups excluding carboxylic acids is 2. The fraction of sp³-hybridized carbons (Fsp3) is 0.684. The Labute approximate surface area is 157 Å². The third-order valence-corrected chi connectivity index (χ3v) is 11.0. The largest absolute Gasteiger partial charge is 0.463 e. The van der Waals surface area contributed by atoms with Gasteiger partial charge in [-0.25, -0.2) is 0 Å². The van der Waals surface area contributed by atoms with Gasteiger partial charge in [0.2, 0.25) is 0 Å². The number of hydrogen-bond acceptors (Lipinski definition) is 6. The molecule has 0 spiro atoms. The first-order valence-corrected chi connectivity index (χ1v) is 11.9. The topological polar surface area (TPSA) is 82.1 Å². The molecule has 26 heavy (non-hydrogen) atoms. The molecule has 0 fully saturated rings. The van der Waals surface area contributed by atoms with E-state index in [1.165, 1.54) is 13.8 Å². The molecule has 1 aliphatic rings. The molecule has 0 saturated carbocycles. The van der Waals surface area contributed by atoms with Crippen molar-refractivity contribution in [2.45, 2.75) is 71.1 Å². The molecule has 0 aliphatic carbocycles. The lowest BCUT2D eigenvalue weighted by Gasteiger charge is -2.39. The van der Waals surface area contributed by atoms with Crippen molar-refractivity contribution < 1.29 is 28.9 Å². The molecule has 7 heteroatoms. The Balaban J connectivity index is 3.15. The van der Waals surface area contributed by atoms with E-state index in [4.69, 9.17) is 14.2 Å². The first kappa shape index (κ1) is 22.6. The van der Waals surface area contributed by atoms with E-state index in [0.717, 1.165) is 23.3 Å². The number of esters is 2. The van der Waals surface area contributed by atoms with Crippen LogP contribution < -0.4 is 0 Å². The summed E-state index contributed by atoms with van der Waals surface area (Å²) in [7, 11) is -1.77. The van der Waals surface area contributed by atoms with Crippen LogP contribution in [0.3, 0.4) is 0 Å². The van der Waals surface area contributed by atoms with Crippen LogP contribution in [0, 0.1) is 0 Å². The predicted molar refractivity (Wildman–Crippen MR) is 102 cm³/mol. The van der Waals surface area contributed by atoms with Gasteiger partial charge in [-0.15, -0.1) is 0 Å². The normalized spacial score (nSPS) is 23.6. The standard InChI is InChI=1S/C19H32O6Si/c1-6-26(7-2,8-3)19(11-12-20)17-10-9-16(24-15(5)22)18(25-17)13-23-14(4)21/h9-11,16-18,20H,6-8,12-13H2,1-5H3/b19-11+/t16-,17-,18+/m0/s1. The molecular formula is C19H32O6Si. The average Bonchev–Trinajstić information content (AvgIpc) is 2.61. The molecule has 1 rings (SSSR count). The second kappa shape index (κ2) is 10.6. The zero-order valence-corrected chi connectivity index (χ0v) is 17.5. The van der Waals surface area contributed by atoms with E-state index in [0.29, 0.717) is 0 Å².